The first kappa shape index (κ1) is 18.8. The van der Waals surface area contributed by atoms with Crippen LogP contribution in [-0.2, 0) is 17.9 Å². The average Bonchev–Trinajstić information content (AvgIpc) is 3.17. The Labute approximate surface area is 161 Å². The van der Waals surface area contributed by atoms with E-state index in [2.05, 4.69) is 11.1 Å². The van der Waals surface area contributed by atoms with Crippen molar-refractivity contribution in [2.75, 3.05) is 6.54 Å². The molecule has 0 radical (unpaired) electrons. The molecule has 0 spiro atoms. The van der Waals surface area contributed by atoms with Crippen LogP contribution in [0.15, 0.2) is 46.8 Å². The summed E-state index contributed by atoms with van der Waals surface area (Å²) in [7, 11) is 0. The van der Waals surface area contributed by atoms with E-state index in [4.69, 9.17) is 5.26 Å². The van der Waals surface area contributed by atoms with Crippen molar-refractivity contribution < 1.29 is 4.79 Å². The number of nitriles is 1. The maximum atomic E-state index is 12.7. The van der Waals surface area contributed by atoms with E-state index in [9.17, 15) is 9.59 Å². The van der Waals surface area contributed by atoms with Crippen LogP contribution in [0, 0.1) is 11.3 Å². The van der Waals surface area contributed by atoms with Gasteiger partial charge in [-0.25, -0.2) is 4.98 Å². The topological polar surface area (TPSA) is 79.0 Å². The summed E-state index contributed by atoms with van der Waals surface area (Å²) in [4.78, 5) is 31.9. The average molecular weight is 380 g/mol. The van der Waals surface area contributed by atoms with Gasteiger partial charge in [0.2, 0.25) is 5.91 Å². The van der Waals surface area contributed by atoms with E-state index in [-0.39, 0.29) is 17.9 Å². The van der Waals surface area contributed by atoms with Gasteiger partial charge in [-0.15, -0.1) is 11.3 Å². The molecule has 0 unspecified atom stereocenters. The van der Waals surface area contributed by atoms with Gasteiger partial charge in [0.15, 0.2) is 0 Å². The number of amides is 1. The van der Waals surface area contributed by atoms with Crippen molar-refractivity contribution in [3.8, 4) is 6.07 Å². The maximum absolute atomic E-state index is 12.7. The molecule has 0 bridgehead atoms. The molecule has 138 valence electrons. The third kappa shape index (κ3) is 4.41. The predicted molar refractivity (Wildman–Crippen MR) is 105 cm³/mol. The largest absolute Gasteiger partial charge is 0.338 e. The van der Waals surface area contributed by atoms with Gasteiger partial charge in [0.25, 0.3) is 5.56 Å². The van der Waals surface area contributed by atoms with Crippen LogP contribution in [0.2, 0.25) is 0 Å². The number of carbonyl (C=O) groups excluding carboxylic acids is 1. The Morgan fingerprint density at radius 1 is 1.30 bits per heavy atom. The summed E-state index contributed by atoms with van der Waals surface area (Å²) in [6.45, 7) is 3.48. The lowest BCUT2D eigenvalue weighted by molar-refractivity contribution is -0.132. The van der Waals surface area contributed by atoms with Crippen molar-refractivity contribution in [3.63, 3.8) is 0 Å². The molecule has 1 aromatic carbocycles. The lowest BCUT2D eigenvalue weighted by Crippen LogP contribution is -2.33. The molecule has 3 aromatic rings. The zero-order valence-electron chi connectivity index (χ0n) is 15.1. The van der Waals surface area contributed by atoms with Gasteiger partial charge in [-0.1, -0.05) is 19.1 Å². The van der Waals surface area contributed by atoms with Gasteiger partial charge in [0, 0.05) is 26.1 Å². The van der Waals surface area contributed by atoms with E-state index >= 15 is 0 Å². The monoisotopic (exact) mass is 380 g/mol. The molecule has 0 fully saturated rings. The molecule has 0 saturated heterocycles. The van der Waals surface area contributed by atoms with Crippen molar-refractivity contribution in [2.24, 2.45) is 0 Å². The molecule has 0 aliphatic rings. The van der Waals surface area contributed by atoms with Crippen LogP contribution in [0.1, 0.15) is 30.9 Å². The minimum atomic E-state index is -0.108. The van der Waals surface area contributed by atoms with Gasteiger partial charge in [-0.05, 0) is 35.6 Å². The highest BCUT2D eigenvalue weighted by molar-refractivity contribution is 7.16. The first-order valence-electron chi connectivity index (χ1n) is 8.82. The van der Waals surface area contributed by atoms with Crippen molar-refractivity contribution in [3.05, 3.63) is 63.5 Å². The summed E-state index contributed by atoms with van der Waals surface area (Å²) in [6.07, 6.45) is 2.61. The van der Waals surface area contributed by atoms with Crippen LogP contribution >= 0.6 is 11.3 Å². The predicted octanol–water partition coefficient (Wildman–Crippen LogP) is 3.16. The zero-order chi connectivity index (χ0) is 19.2. The number of hydrogen-bond donors (Lipinski definition) is 0. The molecule has 27 heavy (non-hydrogen) atoms. The van der Waals surface area contributed by atoms with Gasteiger partial charge in [-0.2, -0.15) is 5.26 Å². The first-order chi connectivity index (χ1) is 13.1. The third-order valence-corrected chi connectivity index (χ3v) is 5.14. The maximum Gasteiger partial charge on any atom is 0.262 e. The minimum absolute atomic E-state index is 0.00137. The lowest BCUT2D eigenvalue weighted by atomic mass is 10.1. The molecule has 2 aromatic heterocycles. The number of aromatic nitrogens is 2. The van der Waals surface area contributed by atoms with Crippen molar-refractivity contribution >= 4 is 27.5 Å². The van der Waals surface area contributed by atoms with E-state index in [1.165, 1.54) is 22.2 Å². The fraction of sp³-hybridized carbons (Fsp3) is 0.300. The molecule has 0 aliphatic carbocycles. The molecule has 0 aliphatic heterocycles. The highest BCUT2D eigenvalue weighted by Gasteiger charge is 2.14. The van der Waals surface area contributed by atoms with E-state index in [0.717, 1.165) is 16.8 Å². The second kappa shape index (κ2) is 8.60. The highest BCUT2D eigenvalue weighted by Crippen LogP contribution is 2.14. The standard InChI is InChI=1S/C20H20N4O2S/c1-2-9-23(13-16-5-3-15(12-21)4-6-16)18(25)7-10-24-14-22-19-17(20(24)26)8-11-27-19/h3-6,8,11,14H,2,7,9-10,13H2,1H3. The van der Waals surface area contributed by atoms with Gasteiger partial charge in [0.05, 0.1) is 23.3 Å². The fourth-order valence-electron chi connectivity index (χ4n) is 2.89. The number of hydrogen-bond acceptors (Lipinski definition) is 5. The Morgan fingerprint density at radius 2 is 2.07 bits per heavy atom. The SMILES string of the molecule is CCCN(Cc1ccc(C#N)cc1)C(=O)CCn1cnc2sccc2c1=O. The Kier molecular flexibility index (Phi) is 5.99. The number of benzene rings is 1. The van der Waals surface area contributed by atoms with Crippen LogP contribution in [0.3, 0.4) is 0 Å². The quantitative estimate of drug-likeness (QED) is 0.631. The number of fused-ring (bicyclic) bond motifs is 1. The van der Waals surface area contributed by atoms with Crippen LogP contribution in [0.5, 0.6) is 0 Å². The van der Waals surface area contributed by atoms with Gasteiger partial charge in [0.1, 0.15) is 4.83 Å². The Bertz CT molecular complexity index is 1030. The van der Waals surface area contributed by atoms with E-state index in [1.54, 1.807) is 23.1 Å². The van der Waals surface area contributed by atoms with Crippen molar-refractivity contribution in [2.45, 2.75) is 32.9 Å². The summed E-state index contributed by atoms with van der Waals surface area (Å²) in [5.74, 6) is -0.00137. The summed E-state index contributed by atoms with van der Waals surface area (Å²) in [6, 6.07) is 11.1. The normalized spacial score (nSPS) is 10.7. The smallest absolute Gasteiger partial charge is 0.262 e. The van der Waals surface area contributed by atoms with Gasteiger partial charge >= 0.3 is 0 Å². The van der Waals surface area contributed by atoms with Crippen LogP contribution in [-0.4, -0.2) is 26.9 Å². The Morgan fingerprint density at radius 3 is 2.78 bits per heavy atom. The summed E-state index contributed by atoms with van der Waals surface area (Å²) >= 11 is 1.43. The second-order valence-electron chi connectivity index (χ2n) is 6.26. The number of carbonyl (C=O) groups is 1. The lowest BCUT2D eigenvalue weighted by Gasteiger charge is -2.22. The van der Waals surface area contributed by atoms with E-state index < -0.39 is 0 Å². The van der Waals surface area contributed by atoms with Gasteiger partial charge in [-0.3, -0.25) is 14.2 Å². The molecular weight excluding hydrogens is 360 g/mol. The molecule has 1 amide bonds. The zero-order valence-corrected chi connectivity index (χ0v) is 15.9. The second-order valence-corrected chi connectivity index (χ2v) is 7.15. The van der Waals surface area contributed by atoms with Crippen LogP contribution in [0.4, 0.5) is 0 Å². The van der Waals surface area contributed by atoms with Crippen LogP contribution in [0.25, 0.3) is 10.2 Å². The molecule has 7 heteroatoms. The Hall–Kier alpha value is -2.98. The summed E-state index contributed by atoms with van der Waals surface area (Å²) in [5.41, 5.74) is 1.47. The summed E-state index contributed by atoms with van der Waals surface area (Å²) < 4.78 is 1.50. The van der Waals surface area contributed by atoms with Crippen LogP contribution < -0.4 is 5.56 Å². The van der Waals surface area contributed by atoms with Gasteiger partial charge < -0.3 is 4.90 Å². The first-order valence-corrected chi connectivity index (χ1v) is 9.69. The Balaban J connectivity index is 1.67. The van der Waals surface area contributed by atoms with Crippen molar-refractivity contribution in [1.82, 2.24) is 14.5 Å². The third-order valence-electron chi connectivity index (χ3n) is 4.32. The minimum Gasteiger partial charge on any atom is -0.338 e. The number of rotatable bonds is 7. The molecule has 2 heterocycles. The molecule has 0 N–H and O–H groups in total. The molecular formula is C20H20N4O2S. The highest BCUT2D eigenvalue weighted by atomic mass is 32.1. The molecule has 0 saturated carbocycles. The summed E-state index contributed by atoms with van der Waals surface area (Å²) in [5, 5.41) is 11.3. The fourth-order valence-corrected chi connectivity index (χ4v) is 3.62. The van der Waals surface area contributed by atoms with E-state index in [1.807, 2.05) is 24.4 Å². The number of thiophene rings is 1. The van der Waals surface area contributed by atoms with E-state index in [0.29, 0.717) is 30.6 Å². The molecule has 3 rings (SSSR count). The number of aryl methyl sites for hydroxylation is 1. The molecule has 6 nitrogen and oxygen atoms in total. The molecule has 0 atom stereocenters. The van der Waals surface area contributed by atoms with Crippen molar-refractivity contribution in [1.29, 1.82) is 5.26 Å². The number of nitrogens with zero attached hydrogens (tertiary/aromatic N) is 4.